The van der Waals surface area contributed by atoms with E-state index in [1.807, 2.05) is 6.07 Å². The molecule has 22 heavy (non-hydrogen) atoms. The average molecular weight is 303 g/mol. The van der Waals surface area contributed by atoms with Crippen molar-refractivity contribution in [2.24, 2.45) is 11.8 Å². The van der Waals surface area contributed by atoms with Crippen LogP contribution in [0.5, 0.6) is 5.75 Å². The minimum absolute atomic E-state index is 0.0228. The highest BCUT2D eigenvalue weighted by molar-refractivity contribution is 5.94. The van der Waals surface area contributed by atoms with Crippen LogP contribution in [0.2, 0.25) is 0 Å². The number of ether oxygens (including phenoxy) is 1. The minimum Gasteiger partial charge on any atom is -0.491 e. The summed E-state index contributed by atoms with van der Waals surface area (Å²) in [6, 6.07) is 7.13. The summed E-state index contributed by atoms with van der Waals surface area (Å²) < 4.78 is 5.63. The molecule has 3 rings (SSSR count). The average Bonchev–Trinajstić information content (AvgIpc) is 3.06. The number of benzene rings is 1. The van der Waals surface area contributed by atoms with Crippen LogP contribution >= 0.6 is 0 Å². The lowest BCUT2D eigenvalue weighted by Gasteiger charge is -2.21. The second kappa shape index (κ2) is 6.80. The van der Waals surface area contributed by atoms with Gasteiger partial charge in [-0.15, -0.1) is 0 Å². The van der Waals surface area contributed by atoms with Crippen LogP contribution in [0, 0.1) is 11.8 Å². The molecule has 1 saturated carbocycles. The molecule has 1 aliphatic carbocycles. The van der Waals surface area contributed by atoms with Gasteiger partial charge in [0, 0.05) is 25.2 Å². The lowest BCUT2D eigenvalue weighted by molar-refractivity contribution is 0.0733. The Morgan fingerprint density at radius 1 is 1.36 bits per heavy atom. The molecule has 1 saturated heterocycles. The smallest absolute Gasteiger partial charge is 0.159 e. The number of aliphatic hydroxyl groups is 1. The van der Waals surface area contributed by atoms with E-state index in [9.17, 15) is 9.90 Å². The summed E-state index contributed by atoms with van der Waals surface area (Å²) in [6.45, 7) is 4.74. The van der Waals surface area contributed by atoms with Crippen LogP contribution in [0.1, 0.15) is 36.5 Å². The van der Waals surface area contributed by atoms with Gasteiger partial charge in [0.25, 0.3) is 0 Å². The van der Waals surface area contributed by atoms with Crippen molar-refractivity contribution in [1.29, 1.82) is 0 Å². The fourth-order valence-corrected chi connectivity index (χ4v) is 3.83. The Morgan fingerprint density at radius 2 is 2.09 bits per heavy atom. The van der Waals surface area contributed by atoms with Gasteiger partial charge in [-0.2, -0.15) is 0 Å². The molecule has 4 heteroatoms. The van der Waals surface area contributed by atoms with Crippen LogP contribution in [0.4, 0.5) is 0 Å². The van der Waals surface area contributed by atoms with Gasteiger partial charge < -0.3 is 14.7 Å². The highest BCUT2D eigenvalue weighted by Crippen LogP contribution is 2.37. The normalized spacial score (nSPS) is 25.9. The third-order valence-electron chi connectivity index (χ3n) is 4.95. The topological polar surface area (TPSA) is 49.8 Å². The van der Waals surface area contributed by atoms with Crippen LogP contribution in [-0.2, 0) is 0 Å². The molecule has 1 N–H and O–H groups in total. The number of fused-ring (bicyclic) bond motifs is 1. The fraction of sp³-hybridized carbons (Fsp3) is 0.611. The maximum Gasteiger partial charge on any atom is 0.159 e. The van der Waals surface area contributed by atoms with Crippen LogP contribution < -0.4 is 4.74 Å². The number of hydrogen-bond acceptors (Lipinski definition) is 4. The van der Waals surface area contributed by atoms with Crippen molar-refractivity contribution < 1.29 is 14.6 Å². The van der Waals surface area contributed by atoms with E-state index in [0.717, 1.165) is 24.9 Å². The summed E-state index contributed by atoms with van der Waals surface area (Å²) >= 11 is 0. The third-order valence-corrected chi connectivity index (χ3v) is 4.95. The maximum atomic E-state index is 11.3. The van der Waals surface area contributed by atoms with Crippen molar-refractivity contribution in [2.75, 3.05) is 26.2 Å². The number of nitrogens with zero attached hydrogens (tertiary/aromatic N) is 1. The van der Waals surface area contributed by atoms with Gasteiger partial charge in [-0.05, 0) is 43.7 Å². The molecule has 1 aromatic rings. The molecular formula is C18H25NO3. The van der Waals surface area contributed by atoms with E-state index in [-0.39, 0.29) is 12.4 Å². The Balaban J connectivity index is 1.45. The van der Waals surface area contributed by atoms with E-state index < -0.39 is 6.10 Å². The summed E-state index contributed by atoms with van der Waals surface area (Å²) in [6.07, 6.45) is 3.60. The zero-order chi connectivity index (χ0) is 15.5. The summed E-state index contributed by atoms with van der Waals surface area (Å²) in [5.41, 5.74) is 0.638. The van der Waals surface area contributed by atoms with Crippen molar-refractivity contribution in [2.45, 2.75) is 32.3 Å². The quantitative estimate of drug-likeness (QED) is 0.820. The van der Waals surface area contributed by atoms with Crippen LogP contribution in [0.25, 0.3) is 0 Å². The van der Waals surface area contributed by atoms with Crippen molar-refractivity contribution >= 4 is 5.78 Å². The van der Waals surface area contributed by atoms with Crippen LogP contribution in [-0.4, -0.2) is 48.1 Å². The first kappa shape index (κ1) is 15.5. The Labute approximate surface area is 132 Å². The number of β-amino-alcohol motifs (C(OH)–C–C–N with tert-alkyl or cyclic N) is 1. The number of hydrogen-bond donors (Lipinski definition) is 1. The van der Waals surface area contributed by atoms with Gasteiger partial charge in [0.05, 0.1) is 0 Å². The monoisotopic (exact) mass is 303 g/mol. The van der Waals surface area contributed by atoms with Gasteiger partial charge in [0.15, 0.2) is 5.78 Å². The molecule has 1 aromatic carbocycles. The SMILES string of the molecule is CC(=O)c1cccc(OCC(O)CN2CC3CCCC3C2)c1. The third kappa shape index (κ3) is 3.68. The number of carbonyl (C=O) groups excluding carboxylic acids is 1. The first-order valence-corrected chi connectivity index (χ1v) is 8.26. The summed E-state index contributed by atoms with van der Waals surface area (Å²) in [5.74, 6) is 2.36. The highest BCUT2D eigenvalue weighted by atomic mass is 16.5. The van der Waals surface area contributed by atoms with E-state index in [2.05, 4.69) is 4.90 Å². The van der Waals surface area contributed by atoms with Crippen LogP contribution in [0.3, 0.4) is 0 Å². The van der Waals surface area contributed by atoms with E-state index in [4.69, 9.17) is 4.74 Å². The van der Waals surface area contributed by atoms with Crippen molar-refractivity contribution in [3.8, 4) is 5.75 Å². The molecule has 120 valence electrons. The van der Waals surface area contributed by atoms with Crippen molar-refractivity contribution in [3.05, 3.63) is 29.8 Å². The van der Waals surface area contributed by atoms with E-state index in [1.165, 1.54) is 26.2 Å². The van der Waals surface area contributed by atoms with Gasteiger partial charge in [-0.3, -0.25) is 4.79 Å². The van der Waals surface area contributed by atoms with Gasteiger partial charge >= 0.3 is 0 Å². The first-order valence-electron chi connectivity index (χ1n) is 8.26. The fourth-order valence-electron chi connectivity index (χ4n) is 3.83. The Morgan fingerprint density at radius 3 is 2.77 bits per heavy atom. The zero-order valence-corrected chi connectivity index (χ0v) is 13.2. The molecule has 0 radical (unpaired) electrons. The summed E-state index contributed by atoms with van der Waals surface area (Å²) in [7, 11) is 0. The standard InChI is InChI=1S/C18H25NO3/c1-13(20)14-4-3-7-18(8-14)22-12-17(21)11-19-9-15-5-2-6-16(15)10-19/h3-4,7-8,15-17,21H,2,5-6,9-12H2,1H3. The molecule has 0 bridgehead atoms. The highest BCUT2D eigenvalue weighted by Gasteiger charge is 2.36. The summed E-state index contributed by atoms with van der Waals surface area (Å²) in [4.78, 5) is 13.7. The molecule has 1 heterocycles. The number of ketones is 1. The first-order chi connectivity index (χ1) is 10.6. The molecule has 0 spiro atoms. The molecule has 3 unspecified atom stereocenters. The summed E-state index contributed by atoms with van der Waals surface area (Å²) in [5, 5.41) is 10.2. The second-order valence-corrected chi connectivity index (χ2v) is 6.72. The maximum absolute atomic E-state index is 11.3. The van der Waals surface area contributed by atoms with Gasteiger partial charge in [0.2, 0.25) is 0 Å². The number of rotatable bonds is 6. The van der Waals surface area contributed by atoms with E-state index in [0.29, 0.717) is 17.9 Å². The lowest BCUT2D eigenvalue weighted by Crippen LogP contribution is -2.34. The number of carbonyl (C=O) groups is 1. The predicted octanol–water partition coefficient (Wildman–Crippen LogP) is 2.36. The Kier molecular flexibility index (Phi) is 4.79. The van der Waals surface area contributed by atoms with E-state index >= 15 is 0 Å². The molecule has 1 aliphatic heterocycles. The van der Waals surface area contributed by atoms with Gasteiger partial charge in [-0.1, -0.05) is 18.6 Å². The minimum atomic E-state index is -0.486. The predicted molar refractivity (Wildman–Crippen MR) is 85.2 cm³/mol. The molecule has 4 nitrogen and oxygen atoms in total. The number of Topliss-reactive ketones (excluding diaryl/α,β-unsaturated/α-hetero) is 1. The largest absolute Gasteiger partial charge is 0.491 e. The number of likely N-dealkylation sites (tertiary alicyclic amines) is 1. The molecule has 0 aromatic heterocycles. The van der Waals surface area contributed by atoms with Crippen LogP contribution in [0.15, 0.2) is 24.3 Å². The van der Waals surface area contributed by atoms with Gasteiger partial charge in [-0.25, -0.2) is 0 Å². The van der Waals surface area contributed by atoms with E-state index in [1.54, 1.807) is 18.2 Å². The van der Waals surface area contributed by atoms with Gasteiger partial charge in [0.1, 0.15) is 18.5 Å². The second-order valence-electron chi connectivity index (χ2n) is 6.72. The lowest BCUT2D eigenvalue weighted by atomic mass is 10.0. The molecular weight excluding hydrogens is 278 g/mol. The molecule has 3 atom stereocenters. The zero-order valence-electron chi connectivity index (χ0n) is 13.2. The molecule has 2 aliphatic rings. The molecule has 0 amide bonds. The van der Waals surface area contributed by atoms with Crippen molar-refractivity contribution in [1.82, 2.24) is 4.90 Å². The Hall–Kier alpha value is -1.39. The Bertz CT molecular complexity index is 519. The van der Waals surface area contributed by atoms with Crippen molar-refractivity contribution in [3.63, 3.8) is 0 Å². The molecule has 2 fully saturated rings. The number of aliphatic hydroxyl groups excluding tert-OH is 1.